The molecule has 3 nitrogen and oxygen atoms in total. The Morgan fingerprint density at radius 3 is 2.79 bits per heavy atom. The zero-order valence-corrected chi connectivity index (χ0v) is 15.6. The number of hydrogen-bond acceptors (Lipinski definition) is 3. The number of nitrogen functional groups attached to an aromatic ring is 1. The van der Waals surface area contributed by atoms with Crippen molar-refractivity contribution in [3.63, 3.8) is 0 Å². The van der Waals surface area contributed by atoms with Gasteiger partial charge >= 0.3 is 0 Å². The number of benzene rings is 2. The monoisotopic (exact) mass is 382 g/mol. The number of halogens is 2. The fourth-order valence-electron chi connectivity index (χ4n) is 2.86. The van der Waals surface area contributed by atoms with Crippen molar-refractivity contribution < 1.29 is 4.79 Å². The van der Waals surface area contributed by atoms with Gasteiger partial charge in [0, 0.05) is 35.0 Å². The van der Waals surface area contributed by atoms with Crippen LogP contribution < -0.4 is 10.6 Å². The Bertz CT molecular complexity index is 724. The first-order valence-electron chi connectivity index (χ1n) is 7.72. The Hall–Kier alpha value is -1.36. The number of carbonyl (C=O) groups excluding carboxylic acids is 1. The summed E-state index contributed by atoms with van der Waals surface area (Å²) in [7, 11) is 0. The largest absolute Gasteiger partial charge is 0.398 e. The number of amides is 1. The molecule has 2 N–H and O–H groups in total. The third-order valence-corrected chi connectivity index (χ3v) is 5.51. The molecule has 0 fully saturated rings. The molecule has 128 valence electrons. The first kappa shape index (κ1) is 19.0. The Morgan fingerprint density at radius 2 is 2.00 bits per heavy atom. The van der Waals surface area contributed by atoms with Gasteiger partial charge in [-0.1, -0.05) is 29.8 Å². The summed E-state index contributed by atoms with van der Waals surface area (Å²) in [5.41, 5.74) is 8.90. The van der Waals surface area contributed by atoms with Gasteiger partial charge in [0.2, 0.25) is 5.91 Å². The highest BCUT2D eigenvalue weighted by Crippen LogP contribution is 2.32. The molecule has 1 amide bonds. The summed E-state index contributed by atoms with van der Waals surface area (Å²) in [6.45, 7) is 0.770. The van der Waals surface area contributed by atoms with E-state index in [9.17, 15) is 4.79 Å². The first-order valence-corrected chi connectivity index (χ1v) is 9.08. The third-order valence-electron chi connectivity index (χ3n) is 4.00. The molecule has 1 heterocycles. The molecule has 3 rings (SSSR count). The molecule has 24 heavy (non-hydrogen) atoms. The van der Waals surface area contributed by atoms with Crippen LogP contribution in [0.4, 0.5) is 11.4 Å². The maximum absolute atomic E-state index is 12.6. The molecule has 0 saturated carbocycles. The molecule has 2 aromatic rings. The Kier molecular flexibility index (Phi) is 6.84. The minimum absolute atomic E-state index is 0. The SMILES string of the molecule is Cl.Nc1cccc2c1CCCN2C(=O)CCSc1ccccc1Cl. The molecule has 1 aliphatic rings. The standard InChI is InChI=1S/C18H19ClN2OS.ClH/c19-14-6-1-2-9-17(14)23-12-10-18(22)21-11-4-5-13-15(20)7-3-8-16(13)21;/h1-3,6-9H,4-5,10-12,20H2;1H. The van der Waals surface area contributed by atoms with Crippen molar-refractivity contribution >= 4 is 53.1 Å². The Balaban J connectivity index is 0.00000208. The van der Waals surface area contributed by atoms with E-state index < -0.39 is 0 Å². The summed E-state index contributed by atoms with van der Waals surface area (Å²) >= 11 is 7.76. The van der Waals surface area contributed by atoms with Crippen LogP contribution in [0.15, 0.2) is 47.4 Å². The average molecular weight is 383 g/mol. The average Bonchev–Trinajstić information content (AvgIpc) is 2.56. The number of carbonyl (C=O) groups is 1. The molecular weight excluding hydrogens is 363 g/mol. The van der Waals surface area contributed by atoms with Crippen LogP contribution in [0.2, 0.25) is 5.02 Å². The lowest BCUT2D eigenvalue weighted by Gasteiger charge is -2.30. The summed E-state index contributed by atoms with van der Waals surface area (Å²) in [6.07, 6.45) is 2.40. The highest BCUT2D eigenvalue weighted by atomic mass is 35.5. The van der Waals surface area contributed by atoms with Gasteiger partial charge in [-0.25, -0.2) is 0 Å². The number of rotatable bonds is 4. The van der Waals surface area contributed by atoms with Gasteiger partial charge in [0.25, 0.3) is 0 Å². The second kappa shape index (κ2) is 8.65. The molecule has 2 aromatic carbocycles. The second-order valence-electron chi connectivity index (χ2n) is 5.52. The minimum atomic E-state index is 0. The van der Waals surface area contributed by atoms with Crippen LogP contribution in [0.25, 0.3) is 0 Å². The lowest BCUT2D eigenvalue weighted by Crippen LogP contribution is -2.35. The molecule has 0 radical (unpaired) electrons. The van der Waals surface area contributed by atoms with Crippen molar-refractivity contribution in [1.29, 1.82) is 0 Å². The number of nitrogens with two attached hydrogens (primary N) is 1. The van der Waals surface area contributed by atoms with Gasteiger partial charge in [0.1, 0.15) is 0 Å². The summed E-state index contributed by atoms with van der Waals surface area (Å²) < 4.78 is 0. The molecule has 0 aliphatic carbocycles. The molecule has 6 heteroatoms. The maximum atomic E-state index is 12.6. The van der Waals surface area contributed by atoms with Crippen molar-refractivity contribution in [3.8, 4) is 0 Å². The lowest BCUT2D eigenvalue weighted by molar-refractivity contribution is -0.118. The summed E-state index contributed by atoms with van der Waals surface area (Å²) in [5.74, 6) is 0.868. The van der Waals surface area contributed by atoms with Gasteiger partial charge in [0.15, 0.2) is 0 Å². The van der Waals surface area contributed by atoms with E-state index in [2.05, 4.69) is 0 Å². The predicted octanol–water partition coefficient (Wildman–Crippen LogP) is 4.81. The number of thioether (sulfide) groups is 1. The minimum Gasteiger partial charge on any atom is -0.398 e. The van der Waals surface area contributed by atoms with Gasteiger partial charge < -0.3 is 10.6 Å². The van der Waals surface area contributed by atoms with E-state index in [1.807, 2.05) is 47.4 Å². The Morgan fingerprint density at radius 1 is 1.21 bits per heavy atom. The zero-order chi connectivity index (χ0) is 16.2. The first-order chi connectivity index (χ1) is 11.2. The second-order valence-corrected chi connectivity index (χ2v) is 7.07. The van der Waals surface area contributed by atoms with E-state index >= 15 is 0 Å². The van der Waals surface area contributed by atoms with Gasteiger partial charge in [0.05, 0.1) is 5.02 Å². The number of nitrogens with zero attached hydrogens (tertiary/aromatic N) is 1. The van der Waals surface area contributed by atoms with E-state index in [1.54, 1.807) is 11.8 Å². The molecule has 0 atom stereocenters. The maximum Gasteiger partial charge on any atom is 0.227 e. The van der Waals surface area contributed by atoms with Crippen LogP contribution in [0.3, 0.4) is 0 Å². The van der Waals surface area contributed by atoms with E-state index in [0.29, 0.717) is 6.42 Å². The lowest BCUT2D eigenvalue weighted by atomic mass is 9.99. The topological polar surface area (TPSA) is 46.3 Å². The van der Waals surface area contributed by atoms with Gasteiger partial charge in [-0.2, -0.15) is 0 Å². The van der Waals surface area contributed by atoms with Crippen LogP contribution >= 0.6 is 35.8 Å². The van der Waals surface area contributed by atoms with Crippen LogP contribution in [-0.4, -0.2) is 18.2 Å². The fraction of sp³-hybridized carbons (Fsp3) is 0.278. The highest BCUT2D eigenvalue weighted by Gasteiger charge is 2.23. The highest BCUT2D eigenvalue weighted by molar-refractivity contribution is 7.99. The van der Waals surface area contributed by atoms with Crippen molar-refractivity contribution in [2.45, 2.75) is 24.2 Å². The molecule has 0 unspecified atom stereocenters. The van der Waals surface area contributed by atoms with Gasteiger partial charge in [-0.15, -0.1) is 24.2 Å². The third kappa shape index (κ3) is 4.18. The molecule has 0 aromatic heterocycles. The molecule has 0 saturated heterocycles. The van der Waals surface area contributed by atoms with Crippen LogP contribution in [0.1, 0.15) is 18.4 Å². The summed E-state index contributed by atoms with van der Waals surface area (Å²) in [5, 5.41) is 0.737. The van der Waals surface area contributed by atoms with E-state index in [4.69, 9.17) is 17.3 Å². The fourth-order valence-corrected chi connectivity index (χ4v) is 4.03. The van der Waals surface area contributed by atoms with Crippen molar-refractivity contribution in [2.24, 2.45) is 0 Å². The number of anilines is 2. The molecule has 0 spiro atoms. The molecule has 1 aliphatic heterocycles. The summed E-state index contributed by atoms with van der Waals surface area (Å²) in [6, 6.07) is 13.5. The van der Waals surface area contributed by atoms with Crippen molar-refractivity contribution in [1.82, 2.24) is 0 Å². The normalized spacial score (nSPS) is 13.1. The van der Waals surface area contributed by atoms with E-state index in [0.717, 1.165) is 52.0 Å². The Labute approximate surface area is 158 Å². The smallest absolute Gasteiger partial charge is 0.227 e. The van der Waals surface area contributed by atoms with Crippen LogP contribution in [0, 0.1) is 0 Å². The van der Waals surface area contributed by atoms with E-state index in [-0.39, 0.29) is 18.3 Å². The number of hydrogen-bond donors (Lipinski definition) is 1. The number of fused-ring (bicyclic) bond motifs is 1. The predicted molar refractivity (Wildman–Crippen MR) is 106 cm³/mol. The molecular formula is C18H20Cl2N2OS. The molecule has 0 bridgehead atoms. The van der Waals surface area contributed by atoms with Gasteiger partial charge in [-0.05, 0) is 42.7 Å². The van der Waals surface area contributed by atoms with Crippen LogP contribution in [-0.2, 0) is 11.2 Å². The van der Waals surface area contributed by atoms with Crippen molar-refractivity contribution in [3.05, 3.63) is 53.1 Å². The quantitative estimate of drug-likeness (QED) is 0.609. The van der Waals surface area contributed by atoms with Crippen molar-refractivity contribution in [2.75, 3.05) is 22.9 Å². The van der Waals surface area contributed by atoms with Gasteiger partial charge in [-0.3, -0.25) is 4.79 Å². The zero-order valence-electron chi connectivity index (χ0n) is 13.2. The van der Waals surface area contributed by atoms with Crippen LogP contribution in [0.5, 0.6) is 0 Å². The van der Waals surface area contributed by atoms with E-state index in [1.165, 1.54) is 0 Å². The summed E-state index contributed by atoms with van der Waals surface area (Å²) in [4.78, 5) is 15.5.